The molecule has 3 heterocycles. The van der Waals surface area contributed by atoms with Crippen LogP contribution in [0.3, 0.4) is 0 Å². The Balaban J connectivity index is 1.55. The number of aliphatic hydroxyl groups excluding tert-OH is 1. The lowest BCUT2D eigenvalue weighted by atomic mass is 9.51. The summed E-state index contributed by atoms with van der Waals surface area (Å²) in [6.07, 6.45) is 7.53. The van der Waals surface area contributed by atoms with Crippen molar-refractivity contribution in [3.63, 3.8) is 0 Å². The highest BCUT2D eigenvalue weighted by Crippen LogP contribution is 2.72. The molecule has 9 heteroatoms. The minimum Gasteiger partial charge on any atom is -0.462 e. The molecule has 0 radical (unpaired) electrons. The second-order valence-electron chi connectivity index (χ2n) is 10.6. The Morgan fingerprint density at radius 3 is 2.42 bits per heavy atom. The zero-order chi connectivity index (χ0) is 25.7. The number of carbonyl (C=O) groups is 3. The number of cyclic esters (lactones) is 2. The fourth-order valence-electron chi connectivity index (χ4n) is 6.46. The first kappa shape index (κ1) is 24.9. The van der Waals surface area contributed by atoms with Gasteiger partial charge in [-0.15, -0.1) is 0 Å². The van der Waals surface area contributed by atoms with E-state index in [1.807, 2.05) is 19.9 Å². The van der Waals surface area contributed by atoms with E-state index in [1.54, 1.807) is 6.92 Å². The Morgan fingerprint density at radius 2 is 1.69 bits per heavy atom. The average Bonchev–Trinajstić information content (AvgIpc) is 3.59. The topological polar surface area (TPSA) is 121 Å². The number of aliphatic hydroxyl groups is 1. The fourth-order valence-corrected chi connectivity index (χ4v) is 6.46. The smallest absolute Gasteiger partial charge is 0.331 e. The van der Waals surface area contributed by atoms with E-state index in [-0.39, 0.29) is 25.7 Å². The molecule has 0 amide bonds. The predicted molar refractivity (Wildman–Crippen MR) is 125 cm³/mol. The van der Waals surface area contributed by atoms with Crippen LogP contribution in [-0.4, -0.2) is 72.9 Å². The predicted octanol–water partition coefficient (Wildman–Crippen LogP) is 2.09. The van der Waals surface area contributed by atoms with Crippen LogP contribution in [0.1, 0.15) is 40.0 Å². The normalized spacial score (nSPS) is 46.1. The summed E-state index contributed by atoms with van der Waals surface area (Å²) in [6.45, 7) is 6.10. The summed E-state index contributed by atoms with van der Waals surface area (Å²) in [5.41, 5.74) is -0.880. The summed E-state index contributed by atoms with van der Waals surface area (Å²) in [7, 11) is 0. The minimum absolute atomic E-state index is 0.0446. The van der Waals surface area contributed by atoms with Gasteiger partial charge in [0.1, 0.15) is 18.3 Å². The van der Waals surface area contributed by atoms with E-state index >= 15 is 0 Å². The molecule has 7 atom stereocenters. The van der Waals surface area contributed by atoms with Crippen molar-refractivity contribution in [3.8, 4) is 0 Å². The molecule has 36 heavy (non-hydrogen) atoms. The molecule has 0 aromatic rings. The highest BCUT2D eigenvalue weighted by atomic mass is 16.6. The zero-order valence-corrected chi connectivity index (χ0v) is 20.7. The van der Waals surface area contributed by atoms with Gasteiger partial charge in [0.05, 0.1) is 36.9 Å². The van der Waals surface area contributed by atoms with Crippen LogP contribution in [0.4, 0.5) is 0 Å². The molecule has 2 saturated heterocycles. The van der Waals surface area contributed by atoms with Crippen molar-refractivity contribution < 1.29 is 43.2 Å². The minimum atomic E-state index is -0.887. The third-order valence-corrected chi connectivity index (χ3v) is 8.73. The molecule has 2 aliphatic carbocycles. The molecule has 194 valence electrons. The van der Waals surface area contributed by atoms with E-state index in [1.165, 1.54) is 30.4 Å². The first-order valence-corrected chi connectivity index (χ1v) is 12.3. The summed E-state index contributed by atoms with van der Waals surface area (Å²) >= 11 is 0. The van der Waals surface area contributed by atoms with E-state index in [9.17, 15) is 19.5 Å². The van der Waals surface area contributed by atoms with Gasteiger partial charge in [-0.05, 0) is 25.8 Å². The molecule has 3 fully saturated rings. The lowest BCUT2D eigenvalue weighted by Gasteiger charge is -2.58. The van der Waals surface area contributed by atoms with E-state index in [4.69, 9.17) is 23.7 Å². The fraction of sp³-hybridized carbons (Fsp3) is 0.593. The second-order valence-corrected chi connectivity index (χ2v) is 10.6. The molecule has 9 nitrogen and oxygen atoms in total. The lowest BCUT2D eigenvalue weighted by molar-refractivity contribution is -0.238. The average molecular weight is 501 g/mol. The van der Waals surface area contributed by atoms with Gasteiger partial charge in [-0.2, -0.15) is 0 Å². The zero-order valence-electron chi connectivity index (χ0n) is 20.7. The van der Waals surface area contributed by atoms with E-state index < -0.39 is 52.7 Å². The van der Waals surface area contributed by atoms with E-state index in [0.717, 1.165) is 5.57 Å². The van der Waals surface area contributed by atoms with Gasteiger partial charge in [0, 0.05) is 36.5 Å². The van der Waals surface area contributed by atoms with Gasteiger partial charge >= 0.3 is 17.9 Å². The maximum atomic E-state index is 12.8. The van der Waals surface area contributed by atoms with Crippen molar-refractivity contribution in [2.75, 3.05) is 19.8 Å². The molecule has 5 rings (SSSR count). The van der Waals surface area contributed by atoms with Gasteiger partial charge in [0.25, 0.3) is 0 Å². The molecule has 0 aromatic heterocycles. The Morgan fingerprint density at radius 1 is 0.972 bits per heavy atom. The van der Waals surface area contributed by atoms with E-state index in [2.05, 4.69) is 0 Å². The summed E-state index contributed by atoms with van der Waals surface area (Å²) in [4.78, 5) is 37.4. The van der Waals surface area contributed by atoms with Gasteiger partial charge in [0.2, 0.25) is 0 Å². The highest BCUT2D eigenvalue weighted by Gasteiger charge is 2.83. The summed E-state index contributed by atoms with van der Waals surface area (Å²) < 4.78 is 29.5. The molecule has 1 N–H and O–H groups in total. The van der Waals surface area contributed by atoms with Crippen LogP contribution in [-0.2, 0) is 38.1 Å². The van der Waals surface area contributed by atoms with Gasteiger partial charge < -0.3 is 28.8 Å². The molecule has 1 saturated carbocycles. The summed E-state index contributed by atoms with van der Waals surface area (Å²) in [6, 6.07) is 0. The van der Waals surface area contributed by atoms with Crippen LogP contribution in [0.15, 0.2) is 47.6 Å². The van der Waals surface area contributed by atoms with E-state index in [0.29, 0.717) is 25.0 Å². The SMILES string of the molecule is CC1=C[C@H]2O[C@@H]3C[C@H]4OC(=O)/C=C\C=C/C(=O)OCC/C(C)=C\C(=O)OC[C@@]2(C[C@@H]1O)[C@]4(C)[C@]31CO1. The third kappa shape index (κ3) is 3.84. The van der Waals surface area contributed by atoms with Crippen LogP contribution in [0.2, 0.25) is 0 Å². The molecular formula is C27H32O9. The molecular weight excluding hydrogens is 468 g/mol. The molecule has 2 spiro atoms. The summed E-state index contributed by atoms with van der Waals surface area (Å²) in [5, 5.41) is 10.9. The number of hydrogen-bond donors (Lipinski definition) is 1. The lowest BCUT2D eigenvalue weighted by Crippen LogP contribution is -2.68. The van der Waals surface area contributed by atoms with Crippen molar-refractivity contribution in [2.45, 2.75) is 70.1 Å². The number of esters is 3. The number of carbonyl (C=O) groups excluding carboxylic acids is 3. The van der Waals surface area contributed by atoms with Gasteiger partial charge in [-0.25, -0.2) is 14.4 Å². The van der Waals surface area contributed by atoms with Crippen LogP contribution in [0, 0.1) is 10.8 Å². The van der Waals surface area contributed by atoms with Crippen LogP contribution < -0.4 is 0 Å². The maximum absolute atomic E-state index is 12.8. The first-order chi connectivity index (χ1) is 17.1. The number of epoxide rings is 1. The Labute approximate surface area is 209 Å². The Hall–Kier alpha value is -2.75. The quantitative estimate of drug-likeness (QED) is 0.231. The van der Waals surface area contributed by atoms with Crippen molar-refractivity contribution in [1.82, 2.24) is 0 Å². The maximum Gasteiger partial charge on any atom is 0.331 e. The molecule has 0 unspecified atom stereocenters. The van der Waals surface area contributed by atoms with Crippen molar-refractivity contribution >= 4 is 17.9 Å². The molecule has 3 aliphatic heterocycles. The monoisotopic (exact) mass is 500 g/mol. The van der Waals surface area contributed by atoms with Crippen LogP contribution in [0.5, 0.6) is 0 Å². The second kappa shape index (κ2) is 8.97. The molecule has 2 bridgehead atoms. The summed E-state index contributed by atoms with van der Waals surface area (Å²) in [5.74, 6) is -1.67. The standard InChI is InChI=1S/C27H32O9/c1-16-8-9-32-22(29)6-4-5-7-23(30)36-19-12-21-27(15-34-27)25(19,3)26(14-33-24(31)10-16)13-18(28)17(2)11-20(26)35-21/h4-7,10-11,18-21,28H,8-9,12-15H2,1-3H3/b6-4-,7-5-,16-10-/t18-,19+,20+,21+,25+,26+,27-/m0/s1. The van der Waals surface area contributed by atoms with Gasteiger partial charge in [0.15, 0.2) is 0 Å². The molecule has 0 aromatic carbocycles. The number of rotatable bonds is 0. The first-order valence-electron chi connectivity index (χ1n) is 12.3. The van der Waals surface area contributed by atoms with Crippen LogP contribution >= 0.6 is 0 Å². The number of allylic oxidation sites excluding steroid dienone is 2. The van der Waals surface area contributed by atoms with Gasteiger partial charge in [-0.1, -0.05) is 30.7 Å². The number of hydrogen-bond acceptors (Lipinski definition) is 9. The largest absolute Gasteiger partial charge is 0.462 e. The van der Waals surface area contributed by atoms with Crippen molar-refractivity contribution in [3.05, 3.63) is 47.6 Å². The molecule has 5 aliphatic rings. The Bertz CT molecular complexity index is 1080. The van der Waals surface area contributed by atoms with Crippen molar-refractivity contribution in [2.24, 2.45) is 10.8 Å². The van der Waals surface area contributed by atoms with Crippen molar-refractivity contribution in [1.29, 1.82) is 0 Å². The van der Waals surface area contributed by atoms with Gasteiger partial charge in [-0.3, -0.25) is 0 Å². The number of ether oxygens (including phenoxy) is 5. The highest BCUT2D eigenvalue weighted by molar-refractivity contribution is 5.85. The third-order valence-electron chi connectivity index (χ3n) is 8.73. The Kier molecular flexibility index (Phi) is 6.21. The van der Waals surface area contributed by atoms with Crippen LogP contribution in [0.25, 0.3) is 0 Å².